The van der Waals surface area contributed by atoms with E-state index in [1.54, 1.807) is 0 Å². The first-order valence-corrected chi connectivity index (χ1v) is 8.54. The third kappa shape index (κ3) is 7.10. The molecule has 1 aromatic rings. The Labute approximate surface area is 120 Å². The molecule has 0 N–H and O–H groups in total. The summed E-state index contributed by atoms with van der Waals surface area (Å²) in [6, 6.07) is 6.65. The van der Waals surface area contributed by atoms with Crippen molar-refractivity contribution in [1.29, 1.82) is 0 Å². The molecular weight excluding hydrogens is 236 g/mol. The fraction of sp³-hybridized carbons (Fsp3) is 0.647. The van der Waals surface area contributed by atoms with E-state index in [4.69, 9.17) is 0 Å². The average molecular weight is 269 g/mol. The van der Waals surface area contributed by atoms with Crippen LogP contribution in [0.3, 0.4) is 0 Å². The summed E-state index contributed by atoms with van der Waals surface area (Å²) in [5.41, 5.74) is 2.99. The minimum absolute atomic E-state index is 0.797. The number of rotatable bonds is 4. The van der Waals surface area contributed by atoms with Crippen LogP contribution in [-0.4, -0.2) is 6.26 Å². The van der Waals surface area contributed by atoms with E-state index in [1.807, 2.05) is 39.5 Å². The molecule has 18 heavy (non-hydrogen) atoms. The summed E-state index contributed by atoms with van der Waals surface area (Å²) in [5, 5.41) is 0. The van der Waals surface area contributed by atoms with Gasteiger partial charge in [-0.1, -0.05) is 60.1 Å². The fourth-order valence-corrected chi connectivity index (χ4v) is 2.27. The van der Waals surface area contributed by atoms with Crippen LogP contribution >= 0.6 is 11.8 Å². The van der Waals surface area contributed by atoms with Crippen LogP contribution in [0.4, 0.5) is 0 Å². The van der Waals surface area contributed by atoms with Crippen LogP contribution in [0.25, 0.3) is 0 Å². The van der Waals surface area contributed by atoms with Crippen molar-refractivity contribution in [2.75, 3.05) is 6.26 Å². The van der Waals surface area contributed by atoms with Crippen LogP contribution in [0, 0.1) is 12.8 Å². The van der Waals surface area contributed by atoms with Crippen molar-refractivity contribution in [3.8, 4) is 0 Å². The maximum Gasteiger partial charge on any atom is 0.0101 e. The summed E-state index contributed by atoms with van der Waals surface area (Å²) in [7, 11) is 0. The van der Waals surface area contributed by atoms with Gasteiger partial charge in [-0.2, -0.15) is 0 Å². The smallest absolute Gasteiger partial charge is 0.0101 e. The van der Waals surface area contributed by atoms with Gasteiger partial charge < -0.3 is 0 Å². The predicted octanol–water partition coefficient (Wildman–Crippen LogP) is 6.36. The van der Waals surface area contributed by atoms with Gasteiger partial charge in [0.1, 0.15) is 0 Å². The van der Waals surface area contributed by atoms with E-state index in [-0.39, 0.29) is 0 Å². The summed E-state index contributed by atoms with van der Waals surface area (Å²) < 4.78 is 0. The first-order valence-electron chi connectivity index (χ1n) is 7.31. The fourth-order valence-electron chi connectivity index (χ4n) is 1.62. The first-order chi connectivity index (χ1) is 8.69. The van der Waals surface area contributed by atoms with Gasteiger partial charge in [-0.15, -0.1) is 11.8 Å². The SMILES string of the molecule is CC.CC.CCC(C)Cc1cccc(SC)c1C. The van der Waals surface area contributed by atoms with E-state index in [0.717, 1.165) is 5.92 Å². The summed E-state index contributed by atoms with van der Waals surface area (Å²) in [4.78, 5) is 1.42. The molecule has 1 heteroatoms. The molecule has 0 aliphatic heterocycles. The van der Waals surface area contributed by atoms with E-state index in [1.165, 1.54) is 28.9 Å². The van der Waals surface area contributed by atoms with E-state index in [2.05, 4.69) is 45.2 Å². The molecule has 1 aromatic carbocycles. The second-order valence-corrected chi connectivity index (χ2v) is 4.81. The highest BCUT2D eigenvalue weighted by atomic mass is 32.2. The zero-order chi connectivity index (χ0) is 14.6. The molecule has 1 rings (SSSR count). The zero-order valence-corrected chi connectivity index (χ0v) is 14.4. The van der Waals surface area contributed by atoms with Crippen LogP contribution in [-0.2, 0) is 6.42 Å². The summed E-state index contributed by atoms with van der Waals surface area (Å²) >= 11 is 1.84. The minimum atomic E-state index is 0.797. The molecule has 0 aliphatic carbocycles. The van der Waals surface area contributed by atoms with Crippen LogP contribution < -0.4 is 0 Å². The summed E-state index contributed by atoms with van der Waals surface area (Å²) in [6.45, 7) is 14.8. The molecule has 0 bridgehead atoms. The van der Waals surface area contributed by atoms with E-state index in [0.29, 0.717) is 0 Å². The molecule has 0 saturated carbocycles. The number of benzene rings is 1. The van der Waals surface area contributed by atoms with Crippen LogP contribution in [0.5, 0.6) is 0 Å². The van der Waals surface area contributed by atoms with Crippen molar-refractivity contribution in [2.24, 2.45) is 5.92 Å². The minimum Gasteiger partial charge on any atom is -0.129 e. The van der Waals surface area contributed by atoms with E-state index < -0.39 is 0 Å². The van der Waals surface area contributed by atoms with Crippen LogP contribution in [0.2, 0.25) is 0 Å². The lowest BCUT2D eigenvalue weighted by Crippen LogP contribution is -2.00. The highest BCUT2D eigenvalue weighted by molar-refractivity contribution is 7.98. The lowest BCUT2D eigenvalue weighted by atomic mass is 9.96. The molecule has 0 spiro atoms. The molecule has 0 aliphatic rings. The van der Waals surface area contributed by atoms with Gasteiger partial charge >= 0.3 is 0 Å². The highest BCUT2D eigenvalue weighted by Gasteiger charge is 2.06. The number of thioether (sulfide) groups is 1. The van der Waals surface area contributed by atoms with Crippen LogP contribution in [0.15, 0.2) is 23.1 Å². The van der Waals surface area contributed by atoms with Crippen molar-refractivity contribution in [1.82, 2.24) is 0 Å². The Balaban J connectivity index is 0. The molecular formula is C17H32S. The van der Waals surface area contributed by atoms with Crippen molar-refractivity contribution in [3.05, 3.63) is 29.3 Å². The first kappa shape index (κ1) is 19.9. The topological polar surface area (TPSA) is 0 Å². The Morgan fingerprint density at radius 3 is 2.11 bits per heavy atom. The Kier molecular flexibility index (Phi) is 14.4. The number of hydrogen-bond donors (Lipinski definition) is 0. The lowest BCUT2D eigenvalue weighted by Gasteiger charge is -2.13. The quantitative estimate of drug-likeness (QED) is 0.573. The largest absolute Gasteiger partial charge is 0.129 e. The summed E-state index contributed by atoms with van der Waals surface area (Å²) in [5.74, 6) is 0.797. The Morgan fingerprint density at radius 2 is 1.67 bits per heavy atom. The third-order valence-corrected chi connectivity index (χ3v) is 3.76. The normalized spacial score (nSPS) is 10.7. The van der Waals surface area contributed by atoms with Crippen molar-refractivity contribution >= 4 is 11.8 Å². The molecule has 0 aromatic heterocycles. The molecule has 1 unspecified atom stereocenters. The molecule has 0 heterocycles. The highest BCUT2D eigenvalue weighted by Crippen LogP contribution is 2.24. The maximum atomic E-state index is 2.32. The standard InChI is InChI=1S/C13H20S.2C2H6/c1-5-10(2)9-12-7-6-8-13(14-4)11(12)3;2*1-2/h6-8,10H,5,9H2,1-4H3;2*1-2H3. The van der Waals surface area contributed by atoms with Crippen molar-refractivity contribution < 1.29 is 0 Å². The molecule has 1 atom stereocenters. The average Bonchev–Trinajstić information content (AvgIpc) is 2.45. The van der Waals surface area contributed by atoms with Crippen molar-refractivity contribution in [3.63, 3.8) is 0 Å². The van der Waals surface area contributed by atoms with E-state index >= 15 is 0 Å². The van der Waals surface area contributed by atoms with Crippen molar-refractivity contribution in [2.45, 2.75) is 66.2 Å². The second kappa shape index (κ2) is 13.0. The Bertz CT molecular complexity index is 292. The Hall–Kier alpha value is -0.430. The Morgan fingerprint density at radius 1 is 1.11 bits per heavy atom. The monoisotopic (exact) mass is 268 g/mol. The molecule has 0 amide bonds. The lowest BCUT2D eigenvalue weighted by molar-refractivity contribution is 0.558. The van der Waals surface area contributed by atoms with Gasteiger partial charge in [-0.05, 0) is 42.7 Å². The molecule has 106 valence electrons. The van der Waals surface area contributed by atoms with Gasteiger partial charge in [0.05, 0.1) is 0 Å². The zero-order valence-electron chi connectivity index (χ0n) is 13.6. The van der Waals surface area contributed by atoms with Gasteiger partial charge in [0.15, 0.2) is 0 Å². The molecule has 0 saturated heterocycles. The van der Waals surface area contributed by atoms with E-state index in [9.17, 15) is 0 Å². The van der Waals surface area contributed by atoms with Gasteiger partial charge in [-0.25, -0.2) is 0 Å². The maximum absolute atomic E-state index is 2.32. The predicted molar refractivity (Wildman–Crippen MR) is 88.8 cm³/mol. The van der Waals surface area contributed by atoms with Gasteiger partial charge in [0.2, 0.25) is 0 Å². The summed E-state index contributed by atoms with van der Waals surface area (Å²) in [6.07, 6.45) is 4.63. The third-order valence-electron chi connectivity index (χ3n) is 2.88. The second-order valence-electron chi connectivity index (χ2n) is 3.96. The molecule has 0 nitrogen and oxygen atoms in total. The molecule has 0 fully saturated rings. The van der Waals surface area contributed by atoms with Crippen LogP contribution in [0.1, 0.15) is 59.1 Å². The van der Waals surface area contributed by atoms with Gasteiger partial charge in [-0.3, -0.25) is 0 Å². The molecule has 0 radical (unpaired) electrons. The number of hydrogen-bond acceptors (Lipinski definition) is 1. The van der Waals surface area contributed by atoms with Gasteiger partial charge in [0.25, 0.3) is 0 Å². The van der Waals surface area contributed by atoms with Gasteiger partial charge in [0, 0.05) is 4.90 Å².